The zero-order chi connectivity index (χ0) is 18.5. The van der Waals surface area contributed by atoms with Gasteiger partial charge in [0.15, 0.2) is 0 Å². The fourth-order valence-electron chi connectivity index (χ4n) is 2.48. The Labute approximate surface area is 160 Å². The standard InChI is InChI=1S/C20H17N3OS2/c21-12-15(20(23)26-17-8-2-1-7-16(17)22)13-5-3-6-14(11-13)19(24)18-9-4-10-25-18/h1-11,19,24H,22-23H2/b20-15+. The molecule has 1 unspecified atom stereocenters. The monoisotopic (exact) mass is 379 g/mol. The van der Waals surface area contributed by atoms with Crippen molar-refractivity contribution in [2.24, 2.45) is 5.73 Å². The first-order chi connectivity index (χ1) is 12.6. The van der Waals surface area contributed by atoms with E-state index >= 15 is 0 Å². The number of nitrogen functional groups attached to an aromatic ring is 1. The third-order valence-electron chi connectivity index (χ3n) is 3.80. The van der Waals surface area contributed by atoms with Crippen LogP contribution in [0.3, 0.4) is 0 Å². The van der Waals surface area contributed by atoms with Gasteiger partial charge in [-0.05, 0) is 40.8 Å². The molecule has 0 radical (unpaired) electrons. The lowest BCUT2D eigenvalue weighted by Crippen LogP contribution is -2.01. The van der Waals surface area contributed by atoms with E-state index in [4.69, 9.17) is 11.5 Å². The molecule has 0 bridgehead atoms. The Morgan fingerprint density at radius 2 is 1.92 bits per heavy atom. The number of nitriles is 1. The number of hydrogen-bond acceptors (Lipinski definition) is 6. The number of allylic oxidation sites excluding steroid dienone is 1. The quantitative estimate of drug-likeness (QED) is 0.348. The zero-order valence-corrected chi connectivity index (χ0v) is 15.4. The number of rotatable bonds is 5. The molecule has 0 aliphatic heterocycles. The number of nitrogens with zero attached hydrogens (tertiary/aromatic N) is 1. The summed E-state index contributed by atoms with van der Waals surface area (Å²) in [6.07, 6.45) is -0.728. The van der Waals surface area contributed by atoms with Gasteiger partial charge >= 0.3 is 0 Å². The molecule has 3 rings (SSSR count). The van der Waals surface area contributed by atoms with Gasteiger partial charge in [0.1, 0.15) is 12.2 Å². The molecule has 0 saturated heterocycles. The summed E-state index contributed by atoms with van der Waals surface area (Å²) in [5.41, 5.74) is 14.5. The van der Waals surface area contributed by atoms with E-state index in [0.717, 1.165) is 15.3 Å². The number of aliphatic hydroxyl groups is 1. The van der Waals surface area contributed by atoms with Gasteiger partial charge in [0, 0.05) is 15.5 Å². The second-order valence-corrected chi connectivity index (χ2v) is 7.60. The van der Waals surface area contributed by atoms with Crippen molar-refractivity contribution in [1.82, 2.24) is 0 Å². The molecule has 0 fully saturated rings. The molecule has 5 N–H and O–H groups in total. The van der Waals surface area contributed by atoms with Crippen molar-refractivity contribution in [3.05, 3.63) is 87.1 Å². The van der Waals surface area contributed by atoms with Crippen LogP contribution in [0, 0.1) is 11.3 Å². The summed E-state index contributed by atoms with van der Waals surface area (Å²) in [6, 6.07) is 20.6. The highest BCUT2D eigenvalue weighted by Gasteiger charge is 2.15. The molecule has 1 heterocycles. The van der Waals surface area contributed by atoms with Crippen LogP contribution in [0.5, 0.6) is 0 Å². The first-order valence-corrected chi connectivity index (χ1v) is 9.53. The van der Waals surface area contributed by atoms with Crippen molar-refractivity contribution in [2.75, 3.05) is 5.73 Å². The van der Waals surface area contributed by atoms with Gasteiger partial charge in [0.2, 0.25) is 0 Å². The van der Waals surface area contributed by atoms with E-state index in [0.29, 0.717) is 21.9 Å². The zero-order valence-electron chi connectivity index (χ0n) is 13.8. The number of para-hydroxylation sites is 1. The lowest BCUT2D eigenvalue weighted by atomic mass is 10.0. The van der Waals surface area contributed by atoms with E-state index < -0.39 is 6.10 Å². The summed E-state index contributed by atoms with van der Waals surface area (Å²) >= 11 is 2.75. The summed E-state index contributed by atoms with van der Waals surface area (Å²) in [6.45, 7) is 0. The highest BCUT2D eigenvalue weighted by atomic mass is 32.2. The molecule has 0 saturated carbocycles. The van der Waals surface area contributed by atoms with Gasteiger partial charge in [-0.25, -0.2) is 0 Å². The van der Waals surface area contributed by atoms with Gasteiger partial charge in [-0.2, -0.15) is 5.26 Å². The third-order valence-corrected chi connectivity index (χ3v) is 5.74. The second-order valence-electron chi connectivity index (χ2n) is 5.53. The highest BCUT2D eigenvalue weighted by molar-refractivity contribution is 8.03. The summed E-state index contributed by atoms with van der Waals surface area (Å²) in [5, 5.41) is 22.4. The number of hydrogen-bond donors (Lipinski definition) is 3. The second kappa shape index (κ2) is 8.11. The number of thioether (sulfide) groups is 1. The number of benzene rings is 2. The molecule has 0 amide bonds. The van der Waals surface area contributed by atoms with Crippen LogP contribution in [-0.4, -0.2) is 5.11 Å². The summed E-state index contributed by atoms with van der Waals surface area (Å²) in [4.78, 5) is 1.65. The molecular formula is C20H17N3OS2. The number of thiophene rings is 1. The van der Waals surface area contributed by atoms with Gasteiger partial charge in [-0.3, -0.25) is 0 Å². The molecule has 2 aromatic carbocycles. The number of nitrogens with two attached hydrogens (primary N) is 2. The van der Waals surface area contributed by atoms with Crippen LogP contribution >= 0.6 is 23.1 Å². The molecule has 4 nitrogen and oxygen atoms in total. The fraction of sp³-hybridized carbons (Fsp3) is 0.0500. The molecule has 0 aliphatic carbocycles. The fourth-order valence-corrected chi connectivity index (χ4v) is 4.05. The summed E-state index contributed by atoms with van der Waals surface area (Å²) < 4.78 is 0. The molecule has 1 atom stereocenters. The van der Waals surface area contributed by atoms with E-state index in [1.807, 2.05) is 53.9 Å². The van der Waals surface area contributed by atoms with Gasteiger partial charge in [-0.15, -0.1) is 11.3 Å². The van der Waals surface area contributed by atoms with Gasteiger partial charge in [0.25, 0.3) is 0 Å². The van der Waals surface area contributed by atoms with E-state index in [1.54, 1.807) is 12.1 Å². The van der Waals surface area contributed by atoms with E-state index in [1.165, 1.54) is 23.1 Å². The molecule has 26 heavy (non-hydrogen) atoms. The van der Waals surface area contributed by atoms with Crippen molar-refractivity contribution in [3.63, 3.8) is 0 Å². The lowest BCUT2D eigenvalue weighted by Gasteiger charge is -2.12. The number of anilines is 1. The molecule has 6 heteroatoms. The highest BCUT2D eigenvalue weighted by Crippen LogP contribution is 2.34. The van der Waals surface area contributed by atoms with E-state index in [2.05, 4.69) is 6.07 Å². The largest absolute Gasteiger partial charge is 0.398 e. The maximum atomic E-state index is 10.5. The van der Waals surface area contributed by atoms with Crippen LogP contribution in [0.2, 0.25) is 0 Å². The minimum Gasteiger partial charge on any atom is -0.398 e. The van der Waals surface area contributed by atoms with Crippen LogP contribution in [0.1, 0.15) is 22.1 Å². The molecular weight excluding hydrogens is 362 g/mol. The van der Waals surface area contributed by atoms with Crippen LogP contribution in [0.4, 0.5) is 5.69 Å². The van der Waals surface area contributed by atoms with Crippen LogP contribution in [-0.2, 0) is 0 Å². The predicted molar refractivity (Wildman–Crippen MR) is 108 cm³/mol. The average molecular weight is 380 g/mol. The minimum atomic E-state index is -0.728. The maximum absolute atomic E-state index is 10.5. The Morgan fingerprint density at radius 3 is 2.62 bits per heavy atom. The van der Waals surface area contributed by atoms with E-state index in [-0.39, 0.29) is 0 Å². The van der Waals surface area contributed by atoms with E-state index in [9.17, 15) is 10.4 Å². The predicted octanol–water partition coefficient (Wildman–Crippen LogP) is 4.36. The Bertz CT molecular complexity index is 975. The lowest BCUT2D eigenvalue weighted by molar-refractivity contribution is 0.224. The Morgan fingerprint density at radius 1 is 1.12 bits per heavy atom. The Balaban J connectivity index is 1.94. The molecule has 130 valence electrons. The maximum Gasteiger partial charge on any atom is 0.113 e. The van der Waals surface area contributed by atoms with Gasteiger partial charge in [-0.1, -0.05) is 48.2 Å². The SMILES string of the molecule is N#C/C(=C(/N)Sc1ccccc1N)c1cccc(C(O)c2cccs2)c1. The summed E-state index contributed by atoms with van der Waals surface area (Å²) in [7, 11) is 0. The van der Waals surface area contributed by atoms with Crippen molar-refractivity contribution < 1.29 is 5.11 Å². The molecule has 3 aromatic rings. The Hall–Kier alpha value is -2.72. The molecule has 0 aliphatic rings. The normalized spacial score (nSPS) is 12.9. The first-order valence-electron chi connectivity index (χ1n) is 7.84. The van der Waals surface area contributed by atoms with Crippen LogP contribution < -0.4 is 11.5 Å². The minimum absolute atomic E-state index is 0.360. The number of aliphatic hydroxyl groups excluding tert-OH is 1. The molecule has 0 spiro atoms. The third kappa shape index (κ3) is 3.92. The van der Waals surface area contributed by atoms with Crippen LogP contribution in [0.25, 0.3) is 5.57 Å². The van der Waals surface area contributed by atoms with Gasteiger partial charge < -0.3 is 16.6 Å². The summed E-state index contributed by atoms with van der Waals surface area (Å²) in [5.74, 6) is 0. The van der Waals surface area contributed by atoms with Crippen molar-refractivity contribution >= 4 is 34.4 Å². The average Bonchev–Trinajstić information content (AvgIpc) is 3.18. The smallest absolute Gasteiger partial charge is 0.113 e. The van der Waals surface area contributed by atoms with Gasteiger partial charge in [0.05, 0.1) is 10.6 Å². The topological polar surface area (TPSA) is 96.1 Å². The Kier molecular flexibility index (Phi) is 5.64. The van der Waals surface area contributed by atoms with Crippen molar-refractivity contribution in [2.45, 2.75) is 11.0 Å². The van der Waals surface area contributed by atoms with Crippen LogP contribution in [0.15, 0.2) is 76.0 Å². The van der Waals surface area contributed by atoms with Crippen molar-refractivity contribution in [3.8, 4) is 6.07 Å². The van der Waals surface area contributed by atoms with Crippen molar-refractivity contribution in [1.29, 1.82) is 5.26 Å². The molecule has 1 aromatic heterocycles. The first kappa shape index (κ1) is 18.1.